The molecule has 0 radical (unpaired) electrons. The second kappa shape index (κ2) is 6.60. The maximum absolute atomic E-state index is 12.8. The maximum Gasteiger partial charge on any atom is 0.264 e. The van der Waals surface area contributed by atoms with Crippen LogP contribution in [0.3, 0.4) is 0 Å². The van der Waals surface area contributed by atoms with E-state index < -0.39 is 16.1 Å². The van der Waals surface area contributed by atoms with E-state index in [1.54, 1.807) is 30.3 Å². The van der Waals surface area contributed by atoms with E-state index >= 15 is 0 Å². The predicted octanol–water partition coefficient (Wildman–Crippen LogP) is 2.13. The van der Waals surface area contributed by atoms with Gasteiger partial charge in [0.25, 0.3) is 10.0 Å². The molecule has 114 valence electrons. The Balaban J connectivity index is 2.47. The normalized spacial score (nSPS) is 12.4. The molecule has 0 aliphatic carbocycles. The summed E-state index contributed by atoms with van der Waals surface area (Å²) in [7, 11) is -3.81. The third kappa shape index (κ3) is 3.45. The summed E-state index contributed by atoms with van der Waals surface area (Å²) in [6.07, 6.45) is -0.812. The van der Waals surface area contributed by atoms with E-state index in [4.69, 9.17) is 5.26 Å². The highest BCUT2D eigenvalue weighted by Crippen LogP contribution is 2.24. The zero-order valence-electron chi connectivity index (χ0n) is 12.0. The molecule has 2 aromatic rings. The van der Waals surface area contributed by atoms with E-state index in [-0.39, 0.29) is 11.4 Å². The van der Waals surface area contributed by atoms with Crippen molar-refractivity contribution in [2.75, 3.05) is 10.8 Å². The lowest BCUT2D eigenvalue weighted by atomic mass is 10.2. The first-order valence-electron chi connectivity index (χ1n) is 6.71. The number of benzene rings is 2. The number of aliphatic hydroxyl groups is 1. The van der Waals surface area contributed by atoms with Crippen molar-refractivity contribution >= 4 is 15.7 Å². The van der Waals surface area contributed by atoms with Crippen LogP contribution in [0.5, 0.6) is 0 Å². The van der Waals surface area contributed by atoms with E-state index in [9.17, 15) is 13.5 Å². The molecule has 22 heavy (non-hydrogen) atoms. The number of hydrogen-bond acceptors (Lipinski definition) is 4. The molecular formula is C16H16N2O3S. The number of para-hydroxylation sites is 1. The Kier molecular flexibility index (Phi) is 4.81. The van der Waals surface area contributed by atoms with E-state index in [2.05, 4.69) is 0 Å². The first-order valence-corrected chi connectivity index (χ1v) is 8.15. The summed E-state index contributed by atoms with van der Waals surface area (Å²) in [6.45, 7) is 1.48. The fourth-order valence-electron chi connectivity index (χ4n) is 2.01. The molecule has 0 saturated carbocycles. The Labute approximate surface area is 130 Å². The highest BCUT2D eigenvalue weighted by atomic mass is 32.2. The fraction of sp³-hybridized carbons (Fsp3) is 0.188. The zero-order chi connectivity index (χ0) is 16.2. The molecule has 2 rings (SSSR count). The molecule has 2 aromatic carbocycles. The highest BCUT2D eigenvalue weighted by molar-refractivity contribution is 7.92. The standard InChI is InChI=1S/C16H16N2O3S/c1-13(19)12-18(15-5-3-2-4-6-15)22(20,21)16-9-7-14(11-17)8-10-16/h2-10,13,19H,12H2,1H3. The summed E-state index contributed by atoms with van der Waals surface area (Å²) in [5, 5.41) is 18.4. The predicted molar refractivity (Wildman–Crippen MR) is 83.8 cm³/mol. The zero-order valence-corrected chi connectivity index (χ0v) is 12.9. The molecule has 0 aliphatic heterocycles. The highest BCUT2D eigenvalue weighted by Gasteiger charge is 2.25. The Morgan fingerprint density at radius 1 is 1.14 bits per heavy atom. The molecule has 0 heterocycles. The number of sulfonamides is 1. The van der Waals surface area contributed by atoms with Gasteiger partial charge >= 0.3 is 0 Å². The Bertz CT molecular complexity index is 763. The lowest BCUT2D eigenvalue weighted by molar-refractivity contribution is 0.204. The Hall–Kier alpha value is -2.36. The van der Waals surface area contributed by atoms with Gasteiger partial charge in [-0.2, -0.15) is 5.26 Å². The molecule has 1 atom stereocenters. The molecule has 0 aliphatic rings. The topological polar surface area (TPSA) is 81.4 Å². The minimum Gasteiger partial charge on any atom is -0.392 e. The molecular weight excluding hydrogens is 300 g/mol. The van der Waals surface area contributed by atoms with Gasteiger partial charge in [-0.1, -0.05) is 18.2 Å². The van der Waals surface area contributed by atoms with Gasteiger partial charge in [-0.25, -0.2) is 8.42 Å². The summed E-state index contributed by atoms with van der Waals surface area (Å²) in [6, 6.07) is 16.3. The van der Waals surface area contributed by atoms with Crippen molar-refractivity contribution in [3.63, 3.8) is 0 Å². The molecule has 0 spiro atoms. The molecule has 0 saturated heterocycles. The Morgan fingerprint density at radius 2 is 1.73 bits per heavy atom. The first-order chi connectivity index (χ1) is 10.4. The van der Waals surface area contributed by atoms with Gasteiger partial charge in [0.2, 0.25) is 0 Å². The van der Waals surface area contributed by atoms with Crippen molar-refractivity contribution in [3.05, 3.63) is 60.2 Å². The van der Waals surface area contributed by atoms with E-state index in [0.29, 0.717) is 11.3 Å². The molecule has 0 aromatic heterocycles. The van der Waals surface area contributed by atoms with Crippen molar-refractivity contribution < 1.29 is 13.5 Å². The number of hydrogen-bond donors (Lipinski definition) is 1. The van der Waals surface area contributed by atoms with Gasteiger partial charge in [-0.15, -0.1) is 0 Å². The van der Waals surface area contributed by atoms with Crippen molar-refractivity contribution in [2.24, 2.45) is 0 Å². The third-order valence-corrected chi connectivity index (χ3v) is 4.85. The second-order valence-corrected chi connectivity index (χ2v) is 6.72. The number of nitrogens with zero attached hydrogens (tertiary/aromatic N) is 2. The molecule has 5 nitrogen and oxygen atoms in total. The van der Waals surface area contributed by atoms with Crippen molar-refractivity contribution in [2.45, 2.75) is 17.9 Å². The van der Waals surface area contributed by atoms with Crippen LogP contribution in [0.4, 0.5) is 5.69 Å². The summed E-state index contributed by atoms with van der Waals surface area (Å²) in [5.41, 5.74) is 0.869. The van der Waals surface area contributed by atoms with Gasteiger partial charge in [-0.05, 0) is 43.3 Å². The van der Waals surface area contributed by atoms with Crippen LogP contribution in [0.25, 0.3) is 0 Å². The second-order valence-electron chi connectivity index (χ2n) is 4.86. The van der Waals surface area contributed by atoms with Crippen molar-refractivity contribution in [1.29, 1.82) is 5.26 Å². The van der Waals surface area contributed by atoms with Crippen LogP contribution in [0.1, 0.15) is 12.5 Å². The Morgan fingerprint density at radius 3 is 2.23 bits per heavy atom. The summed E-state index contributed by atoms with van der Waals surface area (Å²) in [4.78, 5) is 0.0796. The molecule has 0 fully saturated rings. The average molecular weight is 316 g/mol. The fourth-order valence-corrected chi connectivity index (χ4v) is 3.55. The van der Waals surface area contributed by atoms with E-state index in [0.717, 1.165) is 0 Å². The lowest BCUT2D eigenvalue weighted by Gasteiger charge is -2.25. The van der Waals surface area contributed by atoms with Crippen LogP contribution >= 0.6 is 0 Å². The van der Waals surface area contributed by atoms with Gasteiger partial charge in [-0.3, -0.25) is 4.31 Å². The van der Waals surface area contributed by atoms with Crippen LogP contribution < -0.4 is 4.31 Å². The quantitative estimate of drug-likeness (QED) is 0.916. The molecule has 6 heteroatoms. The summed E-state index contributed by atoms with van der Waals surface area (Å²) in [5.74, 6) is 0. The SMILES string of the molecule is CC(O)CN(c1ccccc1)S(=O)(=O)c1ccc(C#N)cc1. The van der Waals surface area contributed by atoms with Crippen LogP contribution in [-0.2, 0) is 10.0 Å². The average Bonchev–Trinajstić information content (AvgIpc) is 2.53. The van der Waals surface area contributed by atoms with Crippen LogP contribution in [-0.4, -0.2) is 26.2 Å². The van der Waals surface area contributed by atoms with Gasteiger partial charge < -0.3 is 5.11 Å². The largest absolute Gasteiger partial charge is 0.392 e. The van der Waals surface area contributed by atoms with Gasteiger partial charge in [0.15, 0.2) is 0 Å². The molecule has 0 bridgehead atoms. The van der Waals surface area contributed by atoms with Gasteiger partial charge in [0, 0.05) is 0 Å². The number of aliphatic hydroxyl groups excluding tert-OH is 1. The van der Waals surface area contributed by atoms with Crippen molar-refractivity contribution in [3.8, 4) is 6.07 Å². The van der Waals surface area contributed by atoms with Crippen LogP contribution in [0, 0.1) is 11.3 Å². The van der Waals surface area contributed by atoms with E-state index in [1.807, 2.05) is 6.07 Å². The number of anilines is 1. The molecule has 1 unspecified atom stereocenters. The summed E-state index contributed by atoms with van der Waals surface area (Å²) >= 11 is 0. The minimum atomic E-state index is -3.81. The number of rotatable bonds is 5. The first kappa shape index (κ1) is 16.0. The third-order valence-electron chi connectivity index (χ3n) is 3.05. The van der Waals surface area contributed by atoms with Gasteiger partial charge in [0.05, 0.1) is 34.9 Å². The smallest absolute Gasteiger partial charge is 0.264 e. The minimum absolute atomic E-state index is 0.0493. The van der Waals surface area contributed by atoms with Crippen LogP contribution in [0.2, 0.25) is 0 Å². The van der Waals surface area contributed by atoms with Crippen molar-refractivity contribution in [1.82, 2.24) is 0 Å². The van der Waals surface area contributed by atoms with E-state index in [1.165, 1.54) is 35.5 Å². The van der Waals surface area contributed by atoms with Gasteiger partial charge in [0.1, 0.15) is 0 Å². The lowest BCUT2D eigenvalue weighted by Crippen LogP contribution is -2.36. The maximum atomic E-state index is 12.8. The molecule has 0 amide bonds. The summed E-state index contributed by atoms with van der Waals surface area (Å²) < 4.78 is 26.8. The number of nitriles is 1. The monoisotopic (exact) mass is 316 g/mol. The van der Waals surface area contributed by atoms with Crippen LogP contribution in [0.15, 0.2) is 59.5 Å². The molecule has 1 N–H and O–H groups in total.